The third-order valence-electron chi connectivity index (χ3n) is 22.4. The molecule has 11 aliphatic heterocycles. The van der Waals surface area contributed by atoms with E-state index < -0.39 is 265 Å². The minimum absolute atomic E-state index is 0.0152. The number of benzene rings is 2. The van der Waals surface area contributed by atoms with Gasteiger partial charge in [-0.25, -0.2) is 34.8 Å². The zero-order valence-electron chi connectivity index (χ0n) is 72.0. The molecule has 19 rings (SSSR count). The van der Waals surface area contributed by atoms with Gasteiger partial charge < -0.3 is 229 Å². The Morgan fingerprint density at radius 3 is 1.06 bits per heavy atom. The van der Waals surface area contributed by atoms with E-state index in [1.54, 1.807) is 0 Å². The maximum Gasteiger partial charge on any atom is 0.333 e. The molecule has 17 aliphatic rings. The van der Waals surface area contributed by atoms with Crippen LogP contribution in [-0.2, 0) is 204 Å². The molecule has 12 bridgehead atoms. The van der Waals surface area contributed by atoms with Gasteiger partial charge in [0.15, 0.2) is 27.1 Å². The molecule has 24 atom stereocenters. The van der Waals surface area contributed by atoms with Crippen molar-refractivity contribution in [2.24, 2.45) is 11.8 Å². The van der Waals surface area contributed by atoms with Crippen LogP contribution in [-0.4, -0.2) is 370 Å². The summed E-state index contributed by atoms with van der Waals surface area (Å²) in [6.45, 7) is 13.8. The molecule has 6 saturated carbocycles. The molecule has 11 heterocycles. The summed E-state index contributed by atoms with van der Waals surface area (Å²) in [6.07, 6.45) is -48.5. The van der Waals surface area contributed by atoms with Gasteiger partial charge in [0.1, 0.15) is 171 Å². The number of aliphatic hydroxyl groups is 15. The Hall–Kier alpha value is -1.88. The van der Waals surface area contributed by atoms with Crippen LogP contribution in [0.3, 0.4) is 0 Å². The first kappa shape index (κ1) is 127. The standard InChI is InChI=1S/C12H18NO2P.C11H15O3P.C8H12O5P2.C8H12O5.C7H10O6.C6H13O21PS3.C6H13O10P.C6H12O6.2HO2P.OS/c1-3-13(4-2)16-14-9-11-7-5-6-8-12(11)10-15-16;1-9(2)15(12)13-7-10-5-3-4-6-11(10)8-14-15;1-2-3-5(13-14)6-7(15-9)4(2)11-8(10-3)12-6;1-2-5-3(9)7-4(10)6(2)12-8(11-5)13-7;8-1-4-2(9)6-3(10)5(1)12-7(11-4)13-6;7-21-1-2(22-27-8)5(25-30(15,16)17)6(26-31(18,19)20)3(23-28(9,10)11)4(1)24-29(12,13)14;7-1-2(8)5(15-11)4(10)6(3(1)9)16-17(12,13)14;7-1-2(8)4(10)6(12)5(11)3(1)9;2*1-3-2;1-2/h5-8H,3-4,9-10H2,1-2H3;3-6,9H,7-8H2,1-2H3;2-8H,14H2,1H3;2-10H,1H3;1-10H;1-8H,(H2,9,10,11)(H,12,13,14)(H,15,16,17)(H,18,19,20);1-11H,(H2,12,13,14);1-12H;2*(H,1,2);/p-12/t;;;;;1-,2-,3-,4+,5-,6+;1-,2+,3-,4+,5-,6+;;;;/m.....11..../s1. The minimum Gasteiger partial charge on any atom is -0.790 e. The van der Waals surface area contributed by atoms with Crippen molar-refractivity contribution in [3.05, 3.63) is 70.8 Å². The summed E-state index contributed by atoms with van der Waals surface area (Å²) in [5, 5.41) is 173. The van der Waals surface area contributed by atoms with Crippen LogP contribution in [0.2, 0.25) is 0 Å². The van der Waals surface area contributed by atoms with Crippen LogP contribution >= 0.6 is 67.1 Å². The maximum atomic E-state index is 12.2. The molecule has 0 amide bonds. The first-order chi connectivity index (χ1) is 65.3. The molecule has 6 aliphatic carbocycles. The summed E-state index contributed by atoms with van der Waals surface area (Å²) < 4.78 is 263. The molecular formula is C64H95NO63P8S4-12. The predicted molar refractivity (Wildman–Crippen MR) is 422 cm³/mol. The van der Waals surface area contributed by atoms with Gasteiger partial charge in [0, 0.05) is 34.4 Å². The van der Waals surface area contributed by atoms with Gasteiger partial charge in [0.25, 0.3) is 28.0 Å². The van der Waals surface area contributed by atoms with Gasteiger partial charge in [-0.1, -0.05) is 90.1 Å². The number of rotatable bonds is 20. The summed E-state index contributed by atoms with van der Waals surface area (Å²) in [5.41, 5.74) is 4.39. The molecular weight excluding hydrogens is 2170 g/mol. The SMILES string of the molecule is CC(C)P1(=O)OCc2ccccc2CO1.CC1C2OC3OC1C(O)C(O3)C2O.CC1C2OC3OC1C(P=O)C(O3)C2OP.CCN(CC)P1OCc2ccccc2CO1.O=P([O-])([O-])O[C@@H]1[C@@H](O)[C@H](O[O-])[C@@H](O)[C@@H](O)[C@H]1O.O=P([O-])([O-])O[C@@H]1[C@@H](OS(=O)(=O)[O-])[C@H](O[O-])[C@@H](OO[O-])[C@@H](OS(=O)(=O)[O-])[C@H]1OS(=O)(=O)[O-].O=P[O-].O=P[O-].O=S.OC1C(O)C(O)C(O)C(O)C1O.OC1C2OC3OC1C(O)C(O3)C2O. The molecule has 64 nitrogen and oxygen atoms in total. The summed E-state index contributed by atoms with van der Waals surface area (Å²) in [7, 11) is -33.8. The Balaban J connectivity index is 0.000000247. The molecule has 2 aromatic rings. The highest BCUT2D eigenvalue weighted by molar-refractivity contribution is 7.81. The van der Waals surface area contributed by atoms with Crippen LogP contribution in [0, 0.1) is 11.8 Å². The van der Waals surface area contributed by atoms with Gasteiger partial charge in [-0.2, -0.15) is 4.21 Å². The van der Waals surface area contributed by atoms with E-state index in [0.717, 1.165) is 24.2 Å². The molecule has 0 radical (unpaired) electrons. The van der Waals surface area contributed by atoms with Crippen molar-refractivity contribution in [1.29, 1.82) is 0 Å². The number of ether oxygens (including phenoxy) is 9. The third-order valence-corrected chi connectivity index (χ3v) is 29.9. The van der Waals surface area contributed by atoms with Crippen molar-refractivity contribution in [1.82, 2.24) is 4.67 Å². The average molecular weight is 2260 g/mol. The first-order valence-corrected chi connectivity index (χ1v) is 52.7. The highest BCUT2D eigenvalue weighted by Crippen LogP contribution is 2.56. The van der Waals surface area contributed by atoms with Crippen molar-refractivity contribution in [3.63, 3.8) is 0 Å². The highest BCUT2D eigenvalue weighted by atomic mass is 32.3. The summed E-state index contributed by atoms with van der Waals surface area (Å²) in [6, 6.07) is 16.2. The number of hydrogen-bond acceptors (Lipinski definition) is 65. The van der Waals surface area contributed by atoms with E-state index in [-0.39, 0.29) is 68.2 Å². The van der Waals surface area contributed by atoms with Gasteiger partial charge in [-0.15, -0.1) is 0 Å². The van der Waals surface area contributed by atoms with Crippen molar-refractivity contribution in [2.45, 2.75) is 300 Å². The van der Waals surface area contributed by atoms with E-state index in [4.69, 9.17) is 119 Å². The predicted octanol–water partition coefficient (Wildman–Crippen LogP) is -14.8. The second-order valence-electron chi connectivity index (χ2n) is 31.0. The average Bonchev–Trinajstić information content (AvgIpc) is 0.752. The van der Waals surface area contributed by atoms with Crippen LogP contribution in [0.25, 0.3) is 0 Å². The molecule has 15 fully saturated rings. The van der Waals surface area contributed by atoms with E-state index in [9.17, 15) is 138 Å². The van der Waals surface area contributed by atoms with E-state index in [2.05, 4.69) is 93.9 Å². The molecule has 810 valence electrons. The lowest BCUT2D eigenvalue weighted by Gasteiger charge is -2.57. The fourth-order valence-electron chi connectivity index (χ4n) is 15.7. The number of phosphoric acid groups is 2. The minimum atomic E-state index is -6.42. The summed E-state index contributed by atoms with van der Waals surface area (Å²) in [5.74, 6) is 0.194. The molecule has 2 aromatic carbocycles. The molecule has 9 saturated heterocycles. The molecule has 0 spiro atoms. The molecule has 140 heavy (non-hydrogen) atoms. The van der Waals surface area contributed by atoms with Crippen molar-refractivity contribution < 1.29 is 299 Å². The lowest BCUT2D eigenvalue weighted by atomic mass is 9.78. The zero-order chi connectivity index (χ0) is 106. The Kier molecular flexibility index (Phi) is 51.1. The number of aliphatic hydroxyl groups excluding tert-OH is 15. The monoisotopic (exact) mass is 2260 g/mol. The Bertz CT molecular complexity index is 4400. The largest absolute Gasteiger partial charge is 0.790 e. The Morgan fingerprint density at radius 1 is 0.443 bits per heavy atom. The topological polar surface area (TPSA) is 1020 Å². The second-order valence-corrected chi connectivity index (χ2v) is 41.8. The summed E-state index contributed by atoms with van der Waals surface area (Å²) >= 11 is 2.83. The second kappa shape index (κ2) is 56.5. The van der Waals surface area contributed by atoms with Crippen molar-refractivity contribution in [2.75, 3.05) is 13.1 Å². The van der Waals surface area contributed by atoms with Crippen LogP contribution in [0.5, 0.6) is 0 Å². The number of hydrogen-bond donors (Lipinski definition) is 15. The molecule has 0 aromatic heterocycles. The third kappa shape index (κ3) is 33.6. The van der Waals surface area contributed by atoms with E-state index in [1.807, 2.05) is 64.1 Å². The number of fused-ring (bicyclic) bond motifs is 2. The number of nitrogens with zero attached hydrogens (tertiary/aromatic N) is 1. The van der Waals surface area contributed by atoms with Gasteiger partial charge in [0.05, 0.1) is 95.2 Å². The van der Waals surface area contributed by atoms with Crippen molar-refractivity contribution in [3.8, 4) is 0 Å². The first-order valence-electron chi connectivity index (χ1n) is 39.9. The quantitative estimate of drug-likeness (QED) is 0.0192. The molecule has 12 unspecified atom stereocenters. The molecule has 15 N–H and O–H groups in total. The van der Waals surface area contributed by atoms with E-state index in [1.165, 1.54) is 11.1 Å². The summed E-state index contributed by atoms with van der Waals surface area (Å²) in [4.78, 5) is 69.8. The Labute approximate surface area is 806 Å². The fourth-order valence-corrected chi connectivity index (χ4v) is 22.0. The van der Waals surface area contributed by atoms with E-state index in [0.29, 0.717) is 26.4 Å². The van der Waals surface area contributed by atoms with Crippen LogP contribution in [0.1, 0.15) is 63.8 Å². The van der Waals surface area contributed by atoms with Gasteiger partial charge >= 0.3 is 7.60 Å². The van der Waals surface area contributed by atoms with E-state index >= 15 is 0 Å². The normalized spacial score (nSPS) is 39.4. The lowest BCUT2D eigenvalue weighted by molar-refractivity contribution is -0.812. The van der Waals surface area contributed by atoms with Gasteiger partial charge in [-0.05, 0) is 22.3 Å². The smallest absolute Gasteiger partial charge is 0.333 e. The fraction of sp³-hybridized carbons (Fsp3) is 0.812. The lowest BCUT2D eigenvalue weighted by Crippen LogP contribution is -2.75. The van der Waals surface area contributed by atoms with Crippen molar-refractivity contribution >= 4 is 111 Å². The maximum absolute atomic E-state index is 12.2. The molecule has 76 heteroatoms. The Morgan fingerprint density at radius 2 is 0.736 bits per heavy atom. The van der Waals surface area contributed by atoms with Crippen LogP contribution in [0.15, 0.2) is 48.5 Å². The van der Waals surface area contributed by atoms with Gasteiger partial charge in [0.2, 0.25) is 31.2 Å². The zero-order valence-corrected chi connectivity index (χ0v) is 82.7. The number of phosphoric ester groups is 2. The van der Waals surface area contributed by atoms with Crippen LogP contribution < -0.4 is 45.1 Å². The van der Waals surface area contributed by atoms with Crippen LogP contribution in [0.4, 0.5) is 0 Å². The van der Waals surface area contributed by atoms with Gasteiger partial charge in [-0.3, -0.25) is 35.8 Å². The highest BCUT2D eigenvalue weighted by Gasteiger charge is 2.65.